The molecule has 0 aliphatic heterocycles. The van der Waals surface area contributed by atoms with Gasteiger partial charge in [0.1, 0.15) is 10.8 Å². The van der Waals surface area contributed by atoms with Crippen LogP contribution in [-0.4, -0.2) is 15.2 Å². The van der Waals surface area contributed by atoms with Crippen molar-refractivity contribution in [2.45, 2.75) is 64.2 Å². The van der Waals surface area contributed by atoms with Gasteiger partial charge in [-0.25, -0.2) is 4.98 Å². The molecule has 0 spiro atoms. The molecule has 1 aliphatic carbocycles. The number of nitrogens with one attached hydrogen (secondary N) is 1. The van der Waals surface area contributed by atoms with E-state index in [0.29, 0.717) is 5.82 Å². The van der Waals surface area contributed by atoms with Crippen molar-refractivity contribution in [2.24, 2.45) is 0 Å². The first-order valence-electron chi connectivity index (χ1n) is 8.12. The Bertz CT molecular complexity index is 543. The van der Waals surface area contributed by atoms with Gasteiger partial charge in [0.05, 0.1) is 17.5 Å². The summed E-state index contributed by atoms with van der Waals surface area (Å²) in [5.74, 6) is 0.625. The van der Waals surface area contributed by atoms with Gasteiger partial charge < -0.3 is 5.73 Å². The van der Waals surface area contributed by atoms with Gasteiger partial charge >= 0.3 is 0 Å². The number of fused-ring (bicyclic) bond motifs is 1. The molecule has 3 rings (SSSR count). The molecule has 0 saturated carbocycles. The molecule has 0 atom stereocenters. The summed E-state index contributed by atoms with van der Waals surface area (Å²) in [6, 6.07) is 0. The van der Waals surface area contributed by atoms with Crippen molar-refractivity contribution in [2.75, 3.05) is 5.73 Å². The van der Waals surface area contributed by atoms with Gasteiger partial charge in [-0.15, -0.1) is 11.3 Å². The third kappa shape index (κ3) is 3.64. The third-order valence-corrected chi connectivity index (χ3v) is 5.44. The van der Waals surface area contributed by atoms with E-state index >= 15 is 0 Å². The van der Waals surface area contributed by atoms with E-state index < -0.39 is 0 Å². The molecule has 0 amide bonds. The second kappa shape index (κ2) is 7.07. The Morgan fingerprint density at radius 2 is 1.62 bits per heavy atom. The maximum absolute atomic E-state index is 5.93. The van der Waals surface area contributed by atoms with Crippen molar-refractivity contribution in [3.05, 3.63) is 16.8 Å². The number of thiazole rings is 1. The lowest BCUT2D eigenvalue weighted by Crippen LogP contribution is -1.94. The number of anilines is 1. The zero-order chi connectivity index (χ0) is 14.5. The minimum Gasteiger partial charge on any atom is -0.383 e. The highest BCUT2D eigenvalue weighted by molar-refractivity contribution is 7.15. The van der Waals surface area contributed by atoms with Gasteiger partial charge in [-0.2, -0.15) is 5.10 Å². The zero-order valence-corrected chi connectivity index (χ0v) is 13.3. The van der Waals surface area contributed by atoms with Gasteiger partial charge in [-0.1, -0.05) is 38.5 Å². The van der Waals surface area contributed by atoms with Gasteiger partial charge in [0.25, 0.3) is 0 Å². The SMILES string of the molecule is Nc1[nH]ncc1-c1nc2c(s1)CCCCCCCCCC2. The van der Waals surface area contributed by atoms with Crippen LogP contribution in [0.5, 0.6) is 0 Å². The highest BCUT2D eigenvalue weighted by atomic mass is 32.1. The molecule has 1 aliphatic rings. The van der Waals surface area contributed by atoms with Crippen molar-refractivity contribution < 1.29 is 0 Å². The van der Waals surface area contributed by atoms with Crippen LogP contribution in [0.4, 0.5) is 5.82 Å². The molecule has 114 valence electrons. The first-order valence-corrected chi connectivity index (χ1v) is 8.94. The Kier molecular flexibility index (Phi) is 4.91. The summed E-state index contributed by atoms with van der Waals surface area (Å²) in [7, 11) is 0. The number of aromatic amines is 1. The first kappa shape index (κ1) is 14.6. The number of nitrogens with zero attached hydrogens (tertiary/aromatic N) is 2. The molecule has 21 heavy (non-hydrogen) atoms. The normalized spacial score (nSPS) is 17.7. The van der Waals surface area contributed by atoms with E-state index in [2.05, 4.69) is 10.2 Å². The highest BCUT2D eigenvalue weighted by Crippen LogP contribution is 2.32. The number of hydrogen-bond acceptors (Lipinski definition) is 4. The predicted octanol–water partition coefficient (Wildman–Crippen LogP) is 4.33. The Balaban J connectivity index is 1.80. The quantitative estimate of drug-likeness (QED) is 0.823. The average Bonchev–Trinajstić information content (AvgIpc) is 3.05. The zero-order valence-electron chi connectivity index (χ0n) is 12.5. The predicted molar refractivity (Wildman–Crippen MR) is 88.5 cm³/mol. The van der Waals surface area contributed by atoms with Crippen molar-refractivity contribution >= 4 is 17.2 Å². The fourth-order valence-corrected chi connectivity index (χ4v) is 4.17. The van der Waals surface area contributed by atoms with Gasteiger partial charge in [0.2, 0.25) is 0 Å². The lowest BCUT2D eigenvalue weighted by Gasteiger charge is -2.06. The van der Waals surface area contributed by atoms with Gasteiger partial charge in [-0.3, -0.25) is 5.10 Å². The topological polar surface area (TPSA) is 67.6 Å². The van der Waals surface area contributed by atoms with Crippen molar-refractivity contribution in [3.8, 4) is 10.6 Å². The number of hydrogen-bond donors (Lipinski definition) is 2. The summed E-state index contributed by atoms with van der Waals surface area (Å²) in [5, 5.41) is 7.84. The Labute approximate surface area is 130 Å². The van der Waals surface area contributed by atoms with E-state index in [1.54, 1.807) is 17.5 Å². The Morgan fingerprint density at radius 1 is 0.952 bits per heavy atom. The first-order chi connectivity index (χ1) is 10.3. The molecule has 0 unspecified atom stereocenters. The van der Waals surface area contributed by atoms with Gasteiger partial charge in [-0.05, 0) is 25.7 Å². The van der Waals surface area contributed by atoms with Gasteiger partial charge in [0.15, 0.2) is 0 Å². The molecule has 0 radical (unpaired) electrons. The standard InChI is InChI=1S/C16H24N4S/c17-15-12(11-18-20-15)16-19-13-9-7-5-3-1-2-4-6-8-10-14(13)21-16/h11H,1-10H2,(H3,17,18,20). The Morgan fingerprint density at radius 3 is 2.29 bits per heavy atom. The van der Waals surface area contributed by atoms with E-state index in [9.17, 15) is 0 Å². The molecule has 2 aromatic rings. The molecule has 0 saturated heterocycles. The summed E-state index contributed by atoms with van der Waals surface area (Å²) >= 11 is 1.81. The van der Waals surface area contributed by atoms with Crippen LogP contribution >= 0.6 is 11.3 Å². The number of H-pyrrole nitrogens is 1. The fraction of sp³-hybridized carbons (Fsp3) is 0.625. The van der Waals surface area contributed by atoms with E-state index in [4.69, 9.17) is 10.7 Å². The molecule has 0 bridgehead atoms. The number of nitrogens with two attached hydrogens (primary N) is 1. The summed E-state index contributed by atoms with van der Waals surface area (Å²) in [6.07, 6.45) is 14.9. The molecule has 0 fully saturated rings. The molecule has 3 N–H and O–H groups in total. The van der Waals surface area contributed by atoms with Crippen LogP contribution in [0.2, 0.25) is 0 Å². The lowest BCUT2D eigenvalue weighted by atomic mass is 10.0. The molecule has 2 heterocycles. The molecule has 2 aromatic heterocycles. The van der Waals surface area contributed by atoms with Crippen LogP contribution < -0.4 is 5.73 Å². The number of aryl methyl sites for hydroxylation is 2. The van der Waals surface area contributed by atoms with E-state index in [-0.39, 0.29) is 0 Å². The van der Waals surface area contributed by atoms with Crippen LogP contribution in [0.25, 0.3) is 10.6 Å². The van der Waals surface area contributed by atoms with Crippen molar-refractivity contribution in [1.82, 2.24) is 15.2 Å². The summed E-state index contributed by atoms with van der Waals surface area (Å²) in [4.78, 5) is 6.32. The average molecular weight is 304 g/mol. The summed E-state index contributed by atoms with van der Waals surface area (Å²) in [5.41, 5.74) is 8.19. The van der Waals surface area contributed by atoms with Crippen LogP contribution in [0, 0.1) is 0 Å². The lowest BCUT2D eigenvalue weighted by molar-refractivity contribution is 0.559. The number of nitrogen functional groups attached to an aromatic ring is 1. The van der Waals surface area contributed by atoms with Crippen LogP contribution in [0.15, 0.2) is 6.20 Å². The molecule has 4 nitrogen and oxygen atoms in total. The van der Waals surface area contributed by atoms with Crippen LogP contribution in [0.3, 0.4) is 0 Å². The minimum atomic E-state index is 0.625. The van der Waals surface area contributed by atoms with E-state index in [0.717, 1.165) is 17.0 Å². The molecular formula is C16H24N4S. The largest absolute Gasteiger partial charge is 0.383 e. The van der Waals surface area contributed by atoms with E-state index in [1.165, 1.54) is 68.4 Å². The maximum Gasteiger partial charge on any atom is 0.129 e. The monoisotopic (exact) mass is 304 g/mol. The second-order valence-electron chi connectivity index (χ2n) is 5.91. The second-order valence-corrected chi connectivity index (χ2v) is 7.00. The van der Waals surface area contributed by atoms with Gasteiger partial charge in [0, 0.05) is 4.88 Å². The number of rotatable bonds is 1. The van der Waals surface area contributed by atoms with Crippen molar-refractivity contribution in [1.29, 1.82) is 0 Å². The molecular weight excluding hydrogens is 280 g/mol. The Hall–Kier alpha value is -1.36. The number of aromatic nitrogens is 3. The highest BCUT2D eigenvalue weighted by Gasteiger charge is 2.15. The van der Waals surface area contributed by atoms with Crippen molar-refractivity contribution in [3.63, 3.8) is 0 Å². The maximum atomic E-state index is 5.93. The summed E-state index contributed by atoms with van der Waals surface area (Å²) < 4.78 is 0. The molecule has 5 heteroatoms. The third-order valence-electron chi connectivity index (χ3n) is 4.24. The smallest absolute Gasteiger partial charge is 0.129 e. The van der Waals surface area contributed by atoms with Crippen LogP contribution in [-0.2, 0) is 12.8 Å². The fourth-order valence-electron chi connectivity index (χ4n) is 2.99. The van der Waals surface area contributed by atoms with E-state index in [1.807, 2.05) is 0 Å². The minimum absolute atomic E-state index is 0.625. The van der Waals surface area contributed by atoms with Crippen LogP contribution in [0.1, 0.15) is 61.9 Å². The summed E-state index contributed by atoms with van der Waals surface area (Å²) in [6.45, 7) is 0. The molecule has 0 aromatic carbocycles.